The van der Waals surface area contributed by atoms with Gasteiger partial charge in [-0.2, -0.15) is 5.10 Å². The molecule has 32 heavy (non-hydrogen) atoms. The van der Waals surface area contributed by atoms with Gasteiger partial charge in [-0.1, -0.05) is 6.07 Å². The van der Waals surface area contributed by atoms with Gasteiger partial charge in [0.25, 0.3) is 5.91 Å². The number of hydrogen-bond donors (Lipinski definition) is 0. The van der Waals surface area contributed by atoms with Crippen LogP contribution in [-0.4, -0.2) is 51.6 Å². The Morgan fingerprint density at radius 3 is 2.75 bits per heavy atom. The molecule has 1 atom stereocenters. The van der Waals surface area contributed by atoms with Crippen molar-refractivity contribution in [3.63, 3.8) is 0 Å². The highest BCUT2D eigenvalue weighted by molar-refractivity contribution is 5.98. The summed E-state index contributed by atoms with van der Waals surface area (Å²) in [5.74, 6) is 0.684. The first-order valence-electron chi connectivity index (χ1n) is 11.1. The molecule has 4 heterocycles. The van der Waals surface area contributed by atoms with E-state index < -0.39 is 0 Å². The van der Waals surface area contributed by atoms with Crippen LogP contribution in [0.3, 0.4) is 0 Å². The van der Waals surface area contributed by atoms with Gasteiger partial charge in [0.1, 0.15) is 5.75 Å². The van der Waals surface area contributed by atoms with Crippen molar-refractivity contribution in [2.45, 2.75) is 39.2 Å². The molecule has 0 bridgehead atoms. The van der Waals surface area contributed by atoms with Gasteiger partial charge < -0.3 is 14.4 Å². The van der Waals surface area contributed by atoms with E-state index in [9.17, 15) is 4.79 Å². The van der Waals surface area contributed by atoms with Crippen molar-refractivity contribution in [3.05, 3.63) is 64.6 Å². The van der Waals surface area contributed by atoms with Gasteiger partial charge in [0.2, 0.25) is 0 Å². The molecule has 7 heteroatoms. The molecular formula is C25H28N4O3. The zero-order chi connectivity index (χ0) is 22.2. The smallest absolute Gasteiger partial charge is 0.260 e. The lowest BCUT2D eigenvalue weighted by molar-refractivity contribution is 0.0261. The molecule has 2 aliphatic rings. The van der Waals surface area contributed by atoms with Gasteiger partial charge in [0, 0.05) is 31.6 Å². The van der Waals surface area contributed by atoms with Gasteiger partial charge in [0.15, 0.2) is 6.73 Å². The lowest BCUT2D eigenvalue weighted by Crippen LogP contribution is -2.43. The van der Waals surface area contributed by atoms with E-state index in [-0.39, 0.29) is 18.7 Å². The van der Waals surface area contributed by atoms with Crippen LogP contribution in [0.1, 0.15) is 45.6 Å². The normalized spacial score (nSPS) is 18.0. The lowest BCUT2D eigenvalue weighted by atomic mass is 9.97. The number of amides is 1. The summed E-state index contributed by atoms with van der Waals surface area (Å²) in [4.78, 5) is 19.5. The maximum absolute atomic E-state index is 13.1. The number of ether oxygens (including phenoxy) is 2. The first kappa shape index (κ1) is 20.7. The topological polar surface area (TPSA) is 69.5 Å². The summed E-state index contributed by atoms with van der Waals surface area (Å²) in [5, 5.41) is 4.40. The van der Waals surface area contributed by atoms with E-state index in [2.05, 4.69) is 23.1 Å². The fourth-order valence-corrected chi connectivity index (χ4v) is 4.51. The molecule has 1 unspecified atom stereocenters. The fraction of sp³-hybridized carbons (Fsp3) is 0.400. The summed E-state index contributed by atoms with van der Waals surface area (Å²) in [6.45, 7) is 5.69. The maximum atomic E-state index is 13.1. The van der Waals surface area contributed by atoms with Gasteiger partial charge in [-0.05, 0) is 68.0 Å². The van der Waals surface area contributed by atoms with Gasteiger partial charge in [-0.25, -0.2) is 0 Å². The number of fused-ring (bicyclic) bond motifs is 1. The Morgan fingerprint density at radius 2 is 2.06 bits per heavy atom. The van der Waals surface area contributed by atoms with E-state index in [0.717, 1.165) is 53.1 Å². The predicted octanol–water partition coefficient (Wildman–Crippen LogP) is 3.66. The zero-order valence-corrected chi connectivity index (χ0v) is 18.8. The Balaban J connectivity index is 1.35. The van der Waals surface area contributed by atoms with E-state index in [4.69, 9.17) is 9.47 Å². The molecule has 7 nitrogen and oxygen atoms in total. The summed E-state index contributed by atoms with van der Waals surface area (Å²) in [6.07, 6.45) is 6.76. The Bertz CT molecular complexity index is 1150. The van der Waals surface area contributed by atoms with E-state index in [1.165, 1.54) is 0 Å². The molecule has 2 aliphatic heterocycles. The number of rotatable bonds is 5. The summed E-state index contributed by atoms with van der Waals surface area (Å²) in [5.41, 5.74) is 6.85. The number of hydrogen-bond acceptors (Lipinski definition) is 5. The van der Waals surface area contributed by atoms with Crippen LogP contribution in [0.5, 0.6) is 5.75 Å². The SMILES string of the molecule is Cc1cc2c(cc1Cc1ccc(-c3cn(C)nc3C)nc1)C(=O)N(CC1CCCO1)CO2. The molecule has 0 saturated carbocycles. The fourth-order valence-electron chi connectivity index (χ4n) is 4.51. The highest BCUT2D eigenvalue weighted by atomic mass is 16.5. The number of benzene rings is 1. The van der Waals surface area contributed by atoms with Crippen LogP contribution < -0.4 is 4.74 Å². The first-order chi connectivity index (χ1) is 15.5. The summed E-state index contributed by atoms with van der Waals surface area (Å²) in [6, 6.07) is 8.08. The summed E-state index contributed by atoms with van der Waals surface area (Å²) < 4.78 is 13.4. The van der Waals surface area contributed by atoms with Crippen molar-refractivity contribution in [3.8, 4) is 17.0 Å². The Labute approximate surface area is 188 Å². The van der Waals surface area contributed by atoms with E-state index in [1.54, 1.807) is 9.58 Å². The molecular weight excluding hydrogens is 404 g/mol. The van der Waals surface area contributed by atoms with Crippen molar-refractivity contribution in [1.29, 1.82) is 0 Å². The number of aromatic nitrogens is 3. The quantitative estimate of drug-likeness (QED) is 0.615. The molecule has 166 valence electrons. The van der Waals surface area contributed by atoms with Crippen molar-refractivity contribution in [2.24, 2.45) is 7.05 Å². The third kappa shape index (κ3) is 4.00. The monoisotopic (exact) mass is 432 g/mol. The molecule has 0 spiro atoms. The Morgan fingerprint density at radius 1 is 1.19 bits per heavy atom. The minimum Gasteiger partial charge on any atom is -0.472 e. The predicted molar refractivity (Wildman–Crippen MR) is 121 cm³/mol. The summed E-state index contributed by atoms with van der Waals surface area (Å²) in [7, 11) is 1.91. The van der Waals surface area contributed by atoms with Crippen LogP contribution in [-0.2, 0) is 18.2 Å². The second-order valence-corrected chi connectivity index (χ2v) is 8.74. The van der Waals surface area contributed by atoms with Crippen molar-refractivity contribution < 1.29 is 14.3 Å². The molecule has 1 saturated heterocycles. The zero-order valence-electron chi connectivity index (χ0n) is 18.8. The average molecular weight is 433 g/mol. The number of pyridine rings is 1. The lowest BCUT2D eigenvalue weighted by Gasteiger charge is -2.31. The molecule has 0 N–H and O–H groups in total. The average Bonchev–Trinajstić information content (AvgIpc) is 3.41. The largest absolute Gasteiger partial charge is 0.472 e. The third-order valence-electron chi connectivity index (χ3n) is 6.29. The maximum Gasteiger partial charge on any atom is 0.260 e. The van der Waals surface area contributed by atoms with Crippen molar-refractivity contribution >= 4 is 5.91 Å². The van der Waals surface area contributed by atoms with Crippen LogP contribution >= 0.6 is 0 Å². The standard InChI is InChI=1S/C25H28N4O3/c1-16-9-24-21(25(30)29(15-32-24)13-20-5-4-8-31-20)11-19(16)10-18-6-7-23(26-12-18)22-14-28(3)27-17(22)2/h6-7,9,11-12,14,20H,4-5,8,10,13,15H2,1-3H3. The number of carbonyl (C=O) groups excluding carboxylic acids is 1. The third-order valence-corrected chi connectivity index (χ3v) is 6.29. The van der Waals surface area contributed by atoms with Gasteiger partial charge in [-0.15, -0.1) is 0 Å². The highest BCUT2D eigenvalue weighted by Gasteiger charge is 2.30. The number of nitrogens with zero attached hydrogens (tertiary/aromatic N) is 4. The van der Waals surface area contributed by atoms with Crippen LogP contribution in [0.15, 0.2) is 36.7 Å². The van der Waals surface area contributed by atoms with Gasteiger partial charge >= 0.3 is 0 Å². The Hall–Kier alpha value is -3.19. The minimum atomic E-state index is 0.0172. The molecule has 3 aromatic rings. The molecule has 0 radical (unpaired) electrons. The van der Waals surface area contributed by atoms with Crippen LogP contribution in [0, 0.1) is 13.8 Å². The van der Waals surface area contributed by atoms with Gasteiger partial charge in [0.05, 0.1) is 29.6 Å². The molecule has 1 aromatic carbocycles. The molecule has 0 aliphatic carbocycles. The summed E-state index contributed by atoms with van der Waals surface area (Å²) >= 11 is 0. The van der Waals surface area contributed by atoms with Crippen LogP contribution in [0.4, 0.5) is 0 Å². The second kappa shape index (κ2) is 8.39. The Kier molecular flexibility index (Phi) is 5.43. The van der Waals surface area contributed by atoms with Crippen molar-refractivity contribution in [2.75, 3.05) is 19.9 Å². The number of carbonyl (C=O) groups is 1. The molecule has 1 amide bonds. The second-order valence-electron chi connectivity index (χ2n) is 8.74. The molecule has 1 fully saturated rings. The first-order valence-corrected chi connectivity index (χ1v) is 11.1. The highest BCUT2D eigenvalue weighted by Crippen LogP contribution is 2.30. The van der Waals surface area contributed by atoms with Crippen molar-refractivity contribution in [1.82, 2.24) is 19.7 Å². The van der Waals surface area contributed by atoms with Gasteiger partial charge in [-0.3, -0.25) is 14.5 Å². The number of aryl methyl sites for hydroxylation is 3. The van der Waals surface area contributed by atoms with E-state index in [1.807, 2.05) is 44.6 Å². The van der Waals surface area contributed by atoms with Crippen LogP contribution in [0.2, 0.25) is 0 Å². The van der Waals surface area contributed by atoms with E-state index in [0.29, 0.717) is 24.3 Å². The molecule has 2 aromatic heterocycles. The minimum absolute atomic E-state index is 0.0172. The van der Waals surface area contributed by atoms with Crippen LogP contribution in [0.25, 0.3) is 11.3 Å². The van der Waals surface area contributed by atoms with E-state index >= 15 is 0 Å². The molecule has 5 rings (SSSR count).